The second-order valence-corrected chi connectivity index (χ2v) is 6.22. The number of hydrogen-bond donors (Lipinski definition) is 2. The van der Waals surface area contributed by atoms with Gasteiger partial charge < -0.3 is 14.8 Å². The van der Waals surface area contributed by atoms with Crippen LogP contribution in [0.25, 0.3) is 0 Å². The van der Waals surface area contributed by atoms with Crippen LogP contribution in [-0.4, -0.2) is 40.5 Å². The predicted octanol–water partition coefficient (Wildman–Crippen LogP) is 3.22. The molecule has 2 N–H and O–H groups in total. The maximum absolute atomic E-state index is 12.3. The van der Waals surface area contributed by atoms with Gasteiger partial charge in [-0.25, -0.2) is 14.3 Å². The number of nitrogens with one attached hydrogen (secondary N) is 2. The van der Waals surface area contributed by atoms with E-state index < -0.39 is 24.1 Å². The molecule has 9 heteroatoms. The van der Waals surface area contributed by atoms with Crippen LogP contribution in [0.2, 0.25) is 0 Å². The highest BCUT2D eigenvalue weighted by Gasteiger charge is 2.21. The number of ether oxygens (including phenoxy) is 2. The van der Waals surface area contributed by atoms with Crippen LogP contribution >= 0.6 is 0 Å². The zero-order valence-electron chi connectivity index (χ0n) is 16.3. The van der Waals surface area contributed by atoms with E-state index in [0.717, 1.165) is 0 Å². The van der Waals surface area contributed by atoms with E-state index in [0.29, 0.717) is 11.5 Å². The first-order chi connectivity index (χ1) is 13.3. The molecule has 0 spiro atoms. The van der Waals surface area contributed by atoms with Gasteiger partial charge in [-0.05, 0) is 45.9 Å². The van der Waals surface area contributed by atoms with E-state index in [1.807, 2.05) is 13.8 Å². The molecule has 0 aliphatic heterocycles. The van der Waals surface area contributed by atoms with Crippen LogP contribution in [0, 0.1) is 0 Å². The summed E-state index contributed by atoms with van der Waals surface area (Å²) in [5.74, 6) is -0.646. The molecule has 0 unspecified atom stereocenters. The lowest BCUT2D eigenvalue weighted by Crippen LogP contribution is -2.31. The van der Waals surface area contributed by atoms with E-state index in [-0.39, 0.29) is 18.2 Å². The van der Waals surface area contributed by atoms with Crippen molar-refractivity contribution in [3.8, 4) is 0 Å². The van der Waals surface area contributed by atoms with Gasteiger partial charge >= 0.3 is 12.1 Å². The van der Waals surface area contributed by atoms with Crippen molar-refractivity contribution in [3.63, 3.8) is 0 Å². The molecule has 1 heterocycles. The minimum atomic E-state index is -1.02. The van der Waals surface area contributed by atoms with Gasteiger partial charge in [-0.15, -0.1) is 0 Å². The smallest absolute Gasteiger partial charge is 0.411 e. The fourth-order valence-corrected chi connectivity index (χ4v) is 2.34. The molecule has 28 heavy (non-hydrogen) atoms. The van der Waals surface area contributed by atoms with Crippen molar-refractivity contribution in [2.45, 2.75) is 39.8 Å². The molecule has 1 aromatic carbocycles. The molecule has 0 aliphatic rings. The number of amides is 2. The summed E-state index contributed by atoms with van der Waals surface area (Å²) >= 11 is 0. The Balaban J connectivity index is 1.98. The van der Waals surface area contributed by atoms with Crippen LogP contribution in [0.1, 0.15) is 44.1 Å². The molecule has 0 radical (unpaired) electrons. The highest BCUT2D eigenvalue weighted by atomic mass is 16.6. The Bertz CT molecular complexity index is 846. The number of carbonyl (C=O) groups excluding carboxylic acids is 3. The van der Waals surface area contributed by atoms with Crippen molar-refractivity contribution >= 4 is 29.5 Å². The highest BCUT2D eigenvalue weighted by Crippen LogP contribution is 2.15. The fourth-order valence-electron chi connectivity index (χ4n) is 2.34. The molecule has 2 rings (SSSR count). The lowest BCUT2D eigenvalue weighted by molar-refractivity contribution is -0.123. The van der Waals surface area contributed by atoms with Gasteiger partial charge in [0, 0.05) is 17.8 Å². The first-order valence-electron chi connectivity index (χ1n) is 8.91. The monoisotopic (exact) mass is 388 g/mol. The van der Waals surface area contributed by atoms with Gasteiger partial charge in [-0.2, -0.15) is 5.10 Å². The van der Waals surface area contributed by atoms with Gasteiger partial charge in [0.1, 0.15) is 5.82 Å². The van der Waals surface area contributed by atoms with Crippen LogP contribution in [-0.2, 0) is 14.3 Å². The first kappa shape index (κ1) is 20.9. The molecule has 2 amide bonds. The molecule has 2 aromatic rings. The van der Waals surface area contributed by atoms with Gasteiger partial charge in [-0.1, -0.05) is 6.07 Å². The second kappa shape index (κ2) is 9.54. The van der Waals surface area contributed by atoms with Gasteiger partial charge in [0.25, 0.3) is 5.91 Å². The zero-order valence-corrected chi connectivity index (χ0v) is 16.3. The Hall–Kier alpha value is -3.36. The Kier molecular flexibility index (Phi) is 7.14. The van der Waals surface area contributed by atoms with Gasteiger partial charge in [0.05, 0.1) is 18.4 Å². The van der Waals surface area contributed by atoms with Crippen LogP contribution in [0.4, 0.5) is 16.3 Å². The Morgan fingerprint density at radius 3 is 2.57 bits per heavy atom. The summed E-state index contributed by atoms with van der Waals surface area (Å²) in [6, 6.07) is 7.89. The Morgan fingerprint density at radius 1 is 1.14 bits per heavy atom. The van der Waals surface area contributed by atoms with Crippen LogP contribution in [0.5, 0.6) is 0 Å². The normalized spacial score (nSPS) is 11.6. The van der Waals surface area contributed by atoms with E-state index in [4.69, 9.17) is 9.47 Å². The highest BCUT2D eigenvalue weighted by molar-refractivity contribution is 5.97. The first-order valence-corrected chi connectivity index (χ1v) is 8.91. The van der Waals surface area contributed by atoms with Crippen molar-refractivity contribution in [1.29, 1.82) is 0 Å². The van der Waals surface area contributed by atoms with Crippen LogP contribution < -0.4 is 10.6 Å². The number of carbonyl (C=O) groups is 3. The summed E-state index contributed by atoms with van der Waals surface area (Å²) in [7, 11) is 0. The average Bonchev–Trinajstić information content (AvgIpc) is 3.10. The average molecular weight is 388 g/mol. The molecule has 150 valence electrons. The van der Waals surface area contributed by atoms with Crippen LogP contribution in [0.15, 0.2) is 36.5 Å². The van der Waals surface area contributed by atoms with Gasteiger partial charge in [-0.3, -0.25) is 10.1 Å². The molecule has 0 bridgehead atoms. The fraction of sp³-hybridized carbons (Fsp3) is 0.368. The van der Waals surface area contributed by atoms with Crippen molar-refractivity contribution in [3.05, 3.63) is 42.1 Å². The predicted molar refractivity (Wildman–Crippen MR) is 103 cm³/mol. The van der Waals surface area contributed by atoms with Crippen molar-refractivity contribution in [2.24, 2.45) is 0 Å². The molecule has 0 saturated heterocycles. The molecule has 0 aliphatic carbocycles. The summed E-state index contributed by atoms with van der Waals surface area (Å²) in [5.41, 5.74) is 0.576. The minimum Gasteiger partial charge on any atom is -0.450 e. The van der Waals surface area contributed by atoms with Crippen LogP contribution in [0.3, 0.4) is 0 Å². The quantitative estimate of drug-likeness (QED) is 0.705. The number of anilines is 2. The van der Waals surface area contributed by atoms with Crippen molar-refractivity contribution in [2.75, 3.05) is 17.2 Å². The number of nitrogens with zero attached hydrogens (tertiary/aromatic N) is 2. The van der Waals surface area contributed by atoms with E-state index in [1.54, 1.807) is 36.0 Å². The maximum Gasteiger partial charge on any atom is 0.411 e. The number of hydrogen-bond acceptors (Lipinski definition) is 6. The summed E-state index contributed by atoms with van der Waals surface area (Å²) in [6.07, 6.45) is -0.0684. The molecule has 1 aromatic heterocycles. The number of aromatic nitrogens is 2. The standard InChI is InChI=1S/C19H24N4O5/c1-5-27-19(26)21-15-8-6-7-14(11-15)18(25)28-13(4)17(24)22-16-9-10-20-23(16)12(2)3/h6-13H,5H2,1-4H3,(H,21,26)(H,22,24)/t13-/m0/s1. The second-order valence-electron chi connectivity index (χ2n) is 6.22. The van der Waals surface area contributed by atoms with Gasteiger partial charge in [0.15, 0.2) is 6.10 Å². The number of benzene rings is 1. The SMILES string of the molecule is CCOC(=O)Nc1cccc(C(=O)O[C@@H](C)C(=O)Nc2ccnn2C(C)C)c1. The molecular weight excluding hydrogens is 364 g/mol. The van der Waals surface area contributed by atoms with Crippen molar-refractivity contribution in [1.82, 2.24) is 9.78 Å². The maximum atomic E-state index is 12.3. The minimum absolute atomic E-state index is 0.0674. The largest absolute Gasteiger partial charge is 0.450 e. The van der Waals surface area contributed by atoms with Crippen molar-refractivity contribution < 1.29 is 23.9 Å². The third kappa shape index (κ3) is 5.57. The summed E-state index contributed by atoms with van der Waals surface area (Å²) in [4.78, 5) is 36.1. The Morgan fingerprint density at radius 2 is 1.89 bits per heavy atom. The van der Waals surface area contributed by atoms with Gasteiger partial charge in [0.2, 0.25) is 0 Å². The molecule has 0 fully saturated rings. The van der Waals surface area contributed by atoms with E-state index in [9.17, 15) is 14.4 Å². The molecule has 1 atom stereocenters. The topological polar surface area (TPSA) is 112 Å². The van der Waals surface area contributed by atoms with E-state index in [2.05, 4.69) is 15.7 Å². The summed E-state index contributed by atoms with van der Waals surface area (Å²) in [6.45, 7) is 7.26. The Labute approximate surface area is 163 Å². The molecule has 0 saturated carbocycles. The number of esters is 1. The summed E-state index contributed by atoms with van der Waals surface area (Å²) < 4.78 is 11.7. The van der Waals surface area contributed by atoms with E-state index in [1.165, 1.54) is 19.1 Å². The van der Waals surface area contributed by atoms with E-state index >= 15 is 0 Å². The zero-order chi connectivity index (χ0) is 20.7. The third-order valence-corrected chi connectivity index (χ3v) is 3.68. The molecular formula is C19H24N4O5. The summed E-state index contributed by atoms with van der Waals surface area (Å²) in [5, 5.41) is 9.33. The lowest BCUT2D eigenvalue weighted by Gasteiger charge is -2.16. The molecule has 9 nitrogen and oxygen atoms in total. The third-order valence-electron chi connectivity index (χ3n) is 3.68. The number of rotatable bonds is 7. The lowest BCUT2D eigenvalue weighted by atomic mass is 10.2.